The molecule has 0 saturated heterocycles. The summed E-state index contributed by atoms with van der Waals surface area (Å²) in [5, 5.41) is 3.65. The molecule has 2 aliphatic rings. The van der Waals surface area contributed by atoms with E-state index in [1.54, 1.807) is 0 Å². The van der Waals surface area contributed by atoms with Gasteiger partial charge >= 0.3 is 0 Å². The normalized spacial score (nSPS) is 26.7. The Hall–Kier alpha value is -1.06. The SMILES string of the molecule is CCNC1c2ccccc2OCC1N(C)C1CCC1. The van der Waals surface area contributed by atoms with Gasteiger partial charge in [-0.25, -0.2) is 0 Å². The van der Waals surface area contributed by atoms with E-state index in [1.165, 1.54) is 24.8 Å². The van der Waals surface area contributed by atoms with Crippen molar-refractivity contribution in [2.45, 2.75) is 44.3 Å². The number of ether oxygens (including phenoxy) is 1. The van der Waals surface area contributed by atoms with E-state index >= 15 is 0 Å². The van der Waals surface area contributed by atoms with Crippen LogP contribution in [0.15, 0.2) is 24.3 Å². The fourth-order valence-electron chi connectivity index (χ4n) is 3.23. The van der Waals surface area contributed by atoms with Crippen LogP contribution in [0.5, 0.6) is 5.75 Å². The van der Waals surface area contributed by atoms with Crippen LogP contribution in [0.1, 0.15) is 37.8 Å². The van der Waals surface area contributed by atoms with Gasteiger partial charge in [0, 0.05) is 11.6 Å². The molecule has 1 N–H and O–H groups in total. The van der Waals surface area contributed by atoms with Gasteiger partial charge in [-0.3, -0.25) is 4.90 Å². The molecular weight excluding hydrogens is 236 g/mol. The average Bonchev–Trinajstić information content (AvgIpc) is 2.37. The highest BCUT2D eigenvalue weighted by atomic mass is 16.5. The van der Waals surface area contributed by atoms with Gasteiger partial charge in [-0.15, -0.1) is 0 Å². The van der Waals surface area contributed by atoms with Gasteiger partial charge in [-0.05, 0) is 32.5 Å². The van der Waals surface area contributed by atoms with Gasteiger partial charge in [-0.1, -0.05) is 31.5 Å². The number of nitrogens with one attached hydrogen (secondary N) is 1. The third kappa shape index (κ3) is 2.37. The molecule has 3 rings (SSSR count). The highest BCUT2D eigenvalue weighted by Gasteiger charge is 2.36. The quantitative estimate of drug-likeness (QED) is 0.900. The molecule has 0 radical (unpaired) electrons. The average molecular weight is 260 g/mol. The molecule has 1 aromatic carbocycles. The Labute approximate surface area is 115 Å². The first-order valence-electron chi connectivity index (χ1n) is 7.48. The summed E-state index contributed by atoms with van der Waals surface area (Å²) >= 11 is 0. The molecule has 1 heterocycles. The van der Waals surface area contributed by atoms with E-state index in [9.17, 15) is 0 Å². The minimum absolute atomic E-state index is 0.389. The van der Waals surface area contributed by atoms with Crippen LogP contribution >= 0.6 is 0 Å². The molecule has 1 aliphatic carbocycles. The highest BCUT2D eigenvalue weighted by molar-refractivity contribution is 5.38. The fraction of sp³-hybridized carbons (Fsp3) is 0.625. The molecular formula is C16H24N2O. The summed E-state index contributed by atoms with van der Waals surface area (Å²) in [7, 11) is 2.26. The number of nitrogens with zero attached hydrogens (tertiary/aromatic N) is 1. The first kappa shape index (κ1) is 12.9. The van der Waals surface area contributed by atoms with Crippen molar-refractivity contribution < 1.29 is 4.74 Å². The molecule has 3 heteroatoms. The van der Waals surface area contributed by atoms with Crippen LogP contribution in [0.4, 0.5) is 0 Å². The van der Waals surface area contributed by atoms with Crippen LogP contribution in [0.3, 0.4) is 0 Å². The zero-order valence-corrected chi connectivity index (χ0v) is 11.9. The number of para-hydroxylation sites is 1. The number of likely N-dealkylation sites (N-methyl/N-ethyl adjacent to an activating group) is 2. The summed E-state index contributed by atoms with van der Waals surface area (Å²) in [6.45, 7) is 3.97. The van der Waals surface area contributed by atoms with E-state index in [4.69, 9.17) is 4.74 Å². The summed E-state index contributed by atoms with van der Waals surface area (Å²) < 4.78 is 5.97. The smallest absolute Gasteiger partial charge is 0.124 e. The lowest BCUT2D eigenvalue weighted by Crippen LogP contribution is -2.53. The third-order valence-corrected chi connectivity index (χ3v) is 4.65. The van der Waals surface area contributed by atoms with Crippen LogP contribution < -0.4 is 10.1 Å². The molecule has 0 aromatic heterocycles. The molecule has 1 aliphatic heterocycles. The number of hydrogen-bond acceptors (Lipinski definition) is 3. The van der Waals surface area contributed by atoms with Crippen molar-refractivity contribution in [1.82, 2.24) is 10.2 Å². The molecule has 0 amide bonds. The van der Waals surface area contributed by atoms with Gasteiger partial charge in [0.1, 0.15) is 12.4 Å². The predicted octanol–water partition coefficient (Wildman–Crippen LogP) is 2.58. The standard InChI is InChI=1S/C16H24N2O/c1-3-17-16-13-9-4-5-10-15(13)19-11-14(16)18(2)12-7-6-8-12/h4-5,9-10,12,14,16-17H,3,6-8,11H2,1-2H3. The van der Waals surface area contributed by atoms with Gasteiger partial charge in [-0.2, -0.15) is 0 Å². The fourth-order valence-corrected chi connectivity index (χ4v) is 3.23. The molecule has 0 spiro atoms. The molecule has 0 bridgehead atoms. The Morgan fingerprint density at radius 1 is 1.32 bits per heavy atom. The Bertz CT molecular complexity index is 431. The minimum atomic E-state index is 0.389. The second kappa shape index (κ2) is 5.51. The molecule has 2 unspecified atom stereocenters. The zero-order chi connectivity index (χ0) is 13.2. The van der Waals surface area contributed by atoms with Crippen molar-refractivity contribution >= 4 is 0 Å². The monoisotopic (exact) mass is 260 g/mol. The molecule has 19 heavy (non-hydrogen) atoms. The lowest BCUT2D eigenvalue weighted by molar-refractivity contribution is 0.0445. The topological polar surface area (TPSA) is 24.5 Å². The number of hydrogen-bond donors (Lipinski definition) is 1. The zero-order valence-electron chi connectivity index (χ0n) is 11.9. The number of rotatable bonds is 4. The van der Waals surface area contributed by atoms with E-state index in [0.717, 1.165) is 24.9 Å². The van der Waals surface area contributed by atoms with E-state index < -0.39 is 0 Å². The van der Waals surface area contributed by atoms with Crippen LogP contribution in [-0.2, 0) is 0 Å². The molecule has 1 fully saturated rings. The van der Waals surface area contributed by atoms with Crippen LogP contribution in [0, 0.1) is 0 Å². The molecule has 1 aromatic rings. The Kier molecular flexibility index (Phi) is 3.76. The maximum absolute atomic E-state index is 5.97. The van der Waals surface area contributed by atoms with Crippen molar-refractivity contribution in [2.24, 2.45) is 0 Å². The third-order valence-electron chi connectivity index (χ3n) is 4.65. The second-order valence-electron chi connectivity index (χ2n) is 5.70. The summed E-state index contributed by atoms with van der Waals surface area (Å²) in [6, 6.07) is 10.0. The molecule has 3 nitrogen and oxygen atoms in total. The minimum Gasteiger partial charge on any atom is -0.492 e. The molecule has 104 valence electrons. The summed E-state index contributed by atoms with van der Waals surface area (Å²) in [5.74, 6) is 1.05. The highest BCUT2D eigenvalue weighted by Crippen LogP contribution is 2.36. The Balaban J connectivity index is 1.84. The van der Waals surface area contributed by atoms with E-state index in [-0.39, 0.29) is 0 Å². The Morgan fingerprint density at radius 2 is 2.11 bits per heavy atom. The first-order valence-corrected chi connectivity index (χ1v) is 7.48. The summed E-state index contributed by atoms with van der Waals surface area (Å²) in [4.78, 5) is 2.53. The van der Waals surface area contributed by atoms with E-state index in [0.29, 0.717) is 12.1 Å². The van der Waals surface area contributed by atoms with Gasteiger partial charge in [0.15, 0.2) is 0 Å². The van der Waals surface area contributed by atoms with Crippen LogP contribution in [-0.4, -0.2) is 37.2 Å². The van der Waals surface area contributed by atoms with Crippen molar-refractivity contribution in [3.63, 3.8) is 0 Å². The van der Waals surface area contributed by atoms with Crippen LogP contribution in [0.2, 0.25) is 0 Å². The maximum atomic E-state index is 5.97. The number of benzene rings is 1. The van der Waals surface area contributed by atoms with Crippen molar-refractivity contribution in [3.05, 3.63) is 29.8 Å². The van der Waals surface area contributed by atoms with E-state index in [2.05, 4.69) is 48.5 Å². The molecule has 2 atom stereocenters. The van der Waals surface area contributed by atoms with Crippen molar-refractivity contribution in [1.29, 1.82) is 0 Å². The van der Waals surface area contributed by atoms with Gasteiger partial charge < -0.3 is 10.1 Å². The lowest BCUT2D eigenvalue weighted by Gasteiger charge is -2.45. The maximum Gasteiger partial charge on any atom is 0.124 e. The van der Waals surface area contributed by atoms with Gasteiger partial charge in [0.05, 0.1) is 12.1 Å². The largest absolute Gasteiger partial charge is 0.492 e. The van der Waals surface area contributed by atoms with Gasteiger partial charge in [0.25, 0.3) is 0 Å². The Morgan fingerprint density at radius 3 is 2.79 bits per heavy atom. The summed E-state index contributed by atoms with van der Waals surface area (Å²) in [6.07, 6.45) is 4.06. The second-order valence-corrected chi connectivity index (χ2v) is 5.70. The lowest BCUT2D eigenvalue weighted by atomic mass is 9.87. The predicted molar refractivity (Wildman–Crippen MR) is 77.5 cm³/mol. The van der Waals surface area contributed by atoms with Gasteiger partial charge in [0.2, 0.25) is 0 Å². The summed E-state index contributed by atoms with van der Waals surface area (Å²) in [5.41, 5.74) is 1.31. The molecule has 1 saturated carbocycles. The van der Waals surface area contributed by atoms with Crippen LogP contribution in [0.25, 0.3) is 0 Å². The number of fused-ring (bicyclic) bond motifs is 1. The van der Waals surface area contributed by atoms with Crippen molar-refractivity contribution in [3.8, 4) is 5.75 Å². The van der Waals surface area contributed by atoms with Crippen molar-refractivity contribution in [2.75, 3.05) is 20.2 Å². The first-order chi connectivity index (χ1) is 9.31. The van der Waals surface area contributed by atoms with E-state index in [1.807, 2.05) is 0 Å².